The van der Waals surface area contributed by atoms with Gasteiger partial charge in [-0.3, -0.25) is 9.59 Å². The Balaban J connectivity index is 2.54. The topological polar surface area (TPSA) is 70.1 Å². The first-order chi connectivity index (χ1) is 9.51. The molecule has 1 heterocycles. The van der Waals surface area contributed by atoms with Crippen molar-refractivity contribution in [2.75, 3.05) is 39.9 Å². The Morgan fingerprint density at radius 1 is 1.45 bits per heavy atom. The number of likely N-dealkylation sites (N-methyl/N-ethyl adjacent to an activating group) is 1. The van der Waals surface area contributed by atoms with E-state index in [4.69, 9.17) is 4.74 Å². The average molecular weight is 284 g/mol. The number of carbonyl (C=O) groups is 2. The van der Waals surface area contributed by atoms with Crippen LogP contribution >= 0.6 is 0 Å². The molecule has 0 atom stereocenters. The number of carbonyl (C=O) groups excluding carboxylic acids is 2. The van der Waals surface area contributed by atoms with Crippen LogP contribution in [0.3, 0.4) is 0 Å². The van der Waals surface area contributed by atoms with E-state index in [1.165, 1.54) is 11.0 Å². The number of rotatable bonds is 6. The lowest BCUT2D eigenvalue weighted by Crippen LogP contribution is -2.52. The van der Waals surface area contributed by atoms with E-state index in [0.29, 0.717) is 32.5 Å². The minimum Gasteiger partial charge on any atom is -0.393 e. The minimum absolute atomic E-state index is 0.0401. The van der Waals surface area contributed by atoms with Gasteiger partial charge in [-0.1, -0.05) is 6.58 Å². The number of hydrogen-bond donors (Lipinski definition) is 1. The summed E-state index contributed by atoms with van der Waals surface area (Å²) in [7, 11) is 1.58. The standard InChI is InChI=1S/C14H24N2O4/c1-4-12(18)15(5-2)10-13(19)16-8-6-14(11-17,20-3)7-9-16/h4,17H,1,5-11H2,2-3H3. The molecule has 0 aliphatic carbocycles. The number of nitrogens with zero attached hydrogens (tertiary/aromatic N) is 2. The van der Waals surface area contributed by atoms with Crippen LogP contribution in [-0.2, 0) is 14.3 Å². The maximum absolute atomic E-state index is 12.2. The van der Waals surface area contributed by atoms with Gasteiger partial charge in [-0.05, 0) is 25.8 Å². The number of hydrogen-bond acceptors (Lipinski definition) is 4. The molecule has 6 heteroatoms. The summed E-state index contributed by atoms with van der Waals surface area (Å²) >= 11 is 0. The molecule has 20 heavy (non-hydrogen) atoms. The first kappa shape index (κ1) is 16.7. The predicted molar refractivity (Wildman–Crippen MR) is 75.1 cm³/mol. The summed E-state index contributed by atoms with van der Waals surface area (Å²) in [6.07, 6.45) is 2.43. The molecule has 0 aromatic rings. The molecule has 1 fully saturated rings. The van der Waals surface area contributed by atoms with Crippen LogP contribution in [0.15, 0.2) is 12.7 Å². The fourth-order valence-electron chi connectivity index (χ4n) is 2.33. The molecule has 0 aromatic heterocycles. The smallest absolute Gasteiger partial charge is 0.246 e. The highest BCUT2D eigenvalue weighted by Crippen LogP contribution is 2.25. The molecule has 1 N–H and O–H groups in total. The Morgan fingerprint density at radius 3 is 2.45 bits per heavy atom. The van der Waals surface area contributed by atoms with Crippen LogP contribution in [0.4, 0.5) is 0 Å². The normalized spacial score (nSPS) is 17.6. The van der Waals surface area contributed by atoms with E-state index in [1.807, 2.05) is 6.92 Å². The largest absolute Gasteiger partial charge is 0.393 e. The van der Waals surface area contributed by atoms with Crippen LogP contribution < -0.4 is 0 Å². The van der Waals surface area contributed by atoms with Crippen LogP contribution in [0.1, 0.15) is 19.8 Å². The van der Waals surface area contributed by atoms with E-state index < -0.39 is 5.60 Å². The summed E-state index contributed by atoms with van der Waals surface area (Å²) in [6, 6.07) is 0. The number of aliphatic hydroxyl groups is 1. The first-order valence-corrected chi connectivity index (χ1v) is 6.87. The van der Waals surface area contributed by atoms with Crippen molar-refractivity contribution in [2.24, 2.45) is 0 Å². The zero-order valence-electron chi connectivity index (χ0n) is 12.3. The van der Waals surface area contributed by atoms with Crippen LogP contribution in [-0.4, -0.2) is 72.2 Å². The quantitative estimate of drug-likeness (QED) is 0.698. The molecule has 1 saturated heterocycles. The summed E-state index contributed by atoms with van der Waals surface area (Å²) in [4.78, 5) is 26.9. The van der Waals surface area contributed by atoms with E-state index in [0.717, 1.165) is 0 Å². The summed E-state index contributed by atoms with van der Waals surface area (Å²) < 4.78 is 5.35. The molecule has 0 bridgehead atoms. The summed E-state index contributed by atoms with van der Waals surface area (Å²) in [5.74, 6) is -0.316. The molecule has 2 amide bonds. The fourth-order valence-corrected chi connectivity index (χ4v) is 2.33. The molecule has 1 aliphatic rings. The van der Waals surface area contributed by atoms with Crippen LogP contribution in [0.25, 0.3) is 0 Å². The van der Waals surface area contributed by atoms with Crippen LogP contribution in [0.2, 0.25) is 0 Å². The SMILES string of the molecule is C=CC(=O)N(CC)CC(=O)N1CCC(CO)(OC)CC1. The number of ether oxygens (including phenoxy) is 1. The highest BCUT2D eigenvalue weighted by molar-refractivity contribution is 5.90. The second-order valence-electron chi connectivity index (χ2n) is 4.98. The Kier molecular flexibility index (Phi) is 6.16. The fraction of sp³-hybridized carbons (Fsp3) is 0.714. The van der Waals surface area contributed by atoms with Crippen molar-refractivity contribution in [3.8, 4) is 0 Å². The lowest BCUT2D eigenvalue weighted by atomic mass is 9.92. The van der Waals surface area contributed by atoms with E-state index in [1.54, 1.807) is 12.0 Å². The third-order valence-corrected chi connectivity index (χ3v) is 3.94. The molecule has 1 aliphatic heterocycles. The Hall–Kier alpha value is -1.40. The van der Waals surface area contributed by atoms with Crippen LogP contribution in [0.5, 0.6) is 0 Å². The van der Waals surface area contributed by atoms with Gasteiger partial charge in [0.2, 0.25) is 11.8 Å². The van der Waals surface area contributed by atoms with Gasteiger partial charge in [0.1, 0.15) is 0 Å². The first-order valence-electron chi connectivity index (χ1n) is 6.87. The zero-order valence-corrected chi connectivity index (χ0v) is 12.3. The van der Waals surface area contributed by atoms with Gasteiger partial charge in [0.15, 0.2) is 0 Å². The second kappa shape index (κ2) is 7.40. The molecular formula is C14H24N2O4. The number of piperidine rings is 1. The maximum atomic E-state index is 12.2. The molecule has 1 rings (SSSR count). The molecule has 114 valence electrons. The summed E-state index contributed by atoms with van der Waals surface area (Å²) in [5.41, 5.74) is -0.530. The van der Waals surface area contributed by atoms with E-state index in [2.05, 4.69) is 6.58 Å². The third kappa shape index (κ3) is 3.80. The predicted octanol–water partition coefficient (Wildman–Crippen LogP) is 0.0208. The van der Waals surface area contributed by atoms with E-state index >= 15 is 0 Å². The summed E-state index contributed by atoms with van der Waals surface area (Å²) in [6.45, 7) is 6.83. The van der Waals surface area contributed by atoms with Crippen molar-refractivity contribution < 1.29 is 19.4 Å². The molecule has 0 spiro atoms. The molecule has 6 nitrogen and oxygen atoms in total. The maximum Gasteiger partial charge on any atom is 0.246 e. The van der Waals surface area contributed by atoms with Gasteiger partial charge in [-0.15, -0.1) is 0 Å². The second-order valence-corrected chi connectivity index (χ2v) is 4.98. The van der Waals surface area contributed by atoms with E-state index in [9.17, 15) is 14.7 Å². The van der Waals surface area contributed by atoms with Crippen LogP contribution in [0, 0.1) is 0 Å². The van der Waals surface area contributed by atoms with Crippen molar-refractivity contribution in [1.82, 2.24) is 9.80 Å². The van der Waals surface area contributed by atoms with Crippen molar-refractivity contribution in [3.63, 3.8) is 0 Å². The third-order valence-electron chi connectivity index (χ3n) is 3.94. The van der Waals surface area contributed by atoms with Gasteiger partial charge in [-0.2, -0.15) is 0 Å². The monoisotopic (exact) mass is 284 g/mol. The number of methoxy groups -OCH3 is 1. The number of likely N-dealkylation sites (tertiary alicyclic amines) is 1. The average Bonchev–Trinajstić information content (AvgIpc) is 2.51. The molecule has 0 aromatic carbocycles. The van der Waals surface area contributed by atoms with Gasteiger partial charge in [0, 0.05) is 26.7 Å². The Bertz CT molecular complexity index is 356. The molecule has 0 radical (unpaired) electrons. The van der Waals surface area contributed by atoms with Gasteiger partial charge >= 0.3 is 0 Å². The minimum atomic E-state index is -0.530. The van der Waals surface area contributed by atoms with Gasteiger partial charge < -0.3 is 19.6 Å². The lowest BCUT2D eigenvalue weighted by molar-refractivity contribution is -0.143. The van der Waals surface area contributed by atoms with Gasteiger partial charge in [0.05, 0.1) is 18.8 Å². The Morgan fingerprint density at radius 2 is 2.05 bits per heavy atom. The van der Waals surface area contributed by atoms with E-state index in [-0.39, 0.29) is 25.0 Å². The van der Waals surface area contributed by atoms with Gasteiger partial charge in [0.25, 0.3) is 0 Å². The highest BCUT2D eigenvalue weighted by Gasteiger charge is 2.35. The molecule has 0 unspecified atom stereocenters. The lowest BCUT2D eigenvalue weighted by Gasteiger charge is -2.40. The van der Waals surface area contributed by atoms with Crippen molar-refractivity contribution in [3.05, 3.63) is 12.7 Å². The number of amides is 2. The van der Waals surface area contributed by atoms with Crippen molar-refractivity contribution >= 4 is 11.8 Å². The van der Waals surface area contributed by atoms with Gasteiger partial charge in [-0.25, -0.2) is 0 Å². The summed E-state index contributed by atoms with van der Waals surface area (Å²) in [5, 5.41) is 9.36. The molecule has 0 saturated carbocycles. The van der Waals surface area contributed by atoms with Crippen molar-refractivity contribution in [2.45, 2.75) is 25.4 Å². The molecular weight excluding hydrogens is 260 g/mol. The van der Waals surface area contributed by atoms with Crippen molar-refractivity contribution in [1.29, 1.82) is 0 Å². The highest BCUT2D eigenvalue weighted by atomic mass is 16.5. The Labute approximate surface area is 120 Å². The zero-order chi connectivity index (χ0) is 15.2. The number of aliphatic hydroxyl groups excluding tert-OH is 1.